The zero-order chi connectivity index (χ0) is 16.8. The minimum absolute atomic E-state index is 0.133. The predicted octanol–water partition coefficient (Wildman–Crippen LogP) is 4.39. The molecule has 1 N–H and O–H groups in total. The minimum Gasteiger partial charge on any atom is -0.481 e. The number of ether oxygens (including phenoxy) is 1. The van der Waals surface area contributed by atoms with Crippen LogP contribution in [0.2, 0.25) is 5.02 Å². The first-order valence-corrected chi connectivity index (χ1v) is 8.00. The number of halogens is 1. The molecule has 0 aliphatic heterocycles. The highest BCUT2D eigenvalue weighted by Gasteiger charge is 2.37. The summed E-state index contributed by atoms with van der Waals surface area (Å²) in [4.78, 5) is 14.4. The van der Waals surface area contributed by atoms with Gasteiger partial charge in [0, 0.05) is 23.0 Å². The molecule has 0 amide bonds. The molecule has 0 heterocycles. The molecule has 0 bridgehead atoms. The lowest BCUT2D eigenvalue weighted by Crippen LogP contribution is -2.34. The maximum absolute atomic E-state index is 11.6. The summed E-state index contributed by atoms with van der Waals surface area (Å²) in [5.41, 5.74) is 9.60. The van der Waals surface area contributed by atoms with Crippen LogP contribution in [0.4, 0.5) is 0 Å². The fourth-order valence-corrected chi connectivity index (χ4v) is 3.54. The van der Waals surface area contributed by atoms with Crippen LogP contribution in [0, 0.1) is 5.92 Å². The molecule has 0 aromatic heterocycles. The molecule has 1 fully saturated rings. The van der Waals surface area contributed by atoms with E-state index in [9.17, 15) is 9.90 Å². The monoisotopic (exact) mass is 337 g/mol. The lowest BCUT2D eigenvalue weighted by molar-refractivity contribution is -0.139. The van der Waals surface area contributed by atoms with Crippen LogP contribution in [-0.4, -0.2) is 30.3 Å². The molecular formula is C16H20ClN3O3. The number of methoxy groups -OCH3 is 1. The molecule has 0 radical (unpaired) electrons. The first-order valence-electron chi connectivity index (χ1n) is 7.62. The van der Waals surface area contributed by atoms with Crippen molar-refractivity contribution in [3.05, 3.63) is 45.3 Å². The Morgan fingerprint density at radius 3 is 2.43 bits per heavy atom. The minimum atomic E-state index is -1.12. The Morgan fingerprint density at radius 2 is 1.96 bits per heavy atom. The highest BCUT2D eigenvalue weighted by molar-refractivity contribution is 6.30. The number of carboxylic acid groups (broad SMARTS) is 1. The van der Waals surface area contributed by atoms with E-state index >= 15 is 0 Å². The van der Waals surface area contributed by atoms with Gasteiger partial charge >= 0.3 is 5.97 Å². The van der Waals surface area contributed by atoms with Gasteiger partial charge in [0.1, 0.15) is 6.04 Å². The molecule has 1 aliphatic carbocycles. The average molecular weight is 338 g/mol. The standard InChI is InChI=1S/C16H20ClN3O3/c1-23-13-8-4-11(5-9-13)14(15(16(21)22)19-20-18)10-2-6-12(17)7-3-10/h2-3,6-7,11,13-15H,4-5,8-9H2,1H3,(H,21,22)/t11-,13-,14-,15-/m0/s1. The second-order valence-electron chi connectivity index (χ2n) is 5.84. The fourth-order valence-electron chi connectivity index (χ4n) is 3.41. The van der Waals surface area contributed by atoms with Crippen LogP contribution in [0.1, 0.15) is 37.2 Å². The van der Waals surface area contributed by atoms with Crippen LogP contribution in [-0.2, 0) is 9.53 Å². The van der Waals surface area contributed by atoms with Gasteiger partial charge in [-0.15, -0.1) is 0 Å². The fraction of sp³-hybridized carbons (Fsp3) is 0.562. The molecule has 2 rings (SSSR count). The molecule has 23 heavy (non-hydrogen) atoms. The average Bonchev–Trinajstić information content (AvgIpc) is 2.56. The smallest absolute Gasteiger partial charge is 0.313 e. The van der Waals surface area contributed by atoms with E-state index in [0.29, 0.717) is 5.02 Å². The van der Waals surface area contributed by atoms with E-state index in [1.165, 1.54) is 0 Å². The van der Waals surface area contributed by atoms with E-state index in [1.807, 2.05) is 12.1 Å². The van der Waals surface area contributed by atoms with Crippen molar-refractivity contribution >= 4 is 17.6 Å². The zero-order valence-electron chi connectivity index (χ0n) is 12.9. The van der Waals surface area contributed by atoms with Crippen LogP contribution in [0.5, 0.6) is 0 Å². The molecule has 1 saturated carbocycles. The molecule has 124 valence electrons. The van der Waals surface area contributed by atoms with Crippen molar-refractivity contribution < 1.29 is 14.6 Å². The van der Waals surface area contributed by atoms with Crippen LogP contribution >= 0.6 is 11.6 Å². The Bertz CT molecular complexity index is 577. The lowest BCUT2D eigenvalue weighted by Gasteiger charge is -2.35. The van der Waals surface area contributed by atoms with Gasteiger partial charge in [-0.2, -0.15) is 0 Å². The Labute approximate surface area is 140 Å². The SMILES string of the molecule is CO[C@H]1CC[C@H]([C@H](c2ccc(Cl)cc2)[C@H](N=[N+]=[N-])C(=O)O)CC1. The Morgan fingerprint density at radius 1 is 1.35 bits per heavy atom. The maximum Gasteiger partial charge on any atom is 0.313 e. The van der Waals surface area contributed by atoms with Gasteiger partial charge in [-0.1, -0.05) is 28.8 Å². The van der Waals surface area contributed by atoms with E-state index in [1.54, 1.807) is 19.2 Å². The number of rotatable bonds is 6. The van der Waals surface area contributed by atoms with Crippen molar-refractivity contribution in [2.75, 3.05) is 7.11 Å². The van der Waals surface area contributed by atoms with Gasteiger partial charge in [-0.25, -0.2) is 0 Å². The maximum atomic E-state index is 11.6. The van der Waals surface area contributed by atoms with E-state index < -0.39 is 12.0 Å². The molecule has 7 heteroatoms. The van der Waals surface area contributed by atoms with Gasteiger partial charge in [0.15, 0.2) is 0 Å². The number of aliphatic carboxylic acids is 1. The Balaban J connectivity index is 2.32. The van der Waals surface area contributed by atoms with Crippen LogP contribution < -0.4 is 0 Å². The summed E-state index contributed by atoms with van der Waals surface area (Å²) in [5, 5.41) is 13.6. The first kappa shape index (κ1) is 17.6. The van der Waals surface area contributed by atoms with E-state index in [2.05, 4.69) is 10.0 Å². The van der Waals surface area contributed by atoms with Crippen molar-refractivity contribution in [1.29, 1.82) is 0 Å². The number of hydrogen-bond donors (Lipinski definition) is 1. The quantitative estimate of drug-likeness (QED) is 0.473. The largest absolute Gasteiger partial charge is 0.481 e. The van der Waals surface area contributed by atoms with E-state index in [0.717, 1.165) is 31.2 Å². The summed E-state index contributed by atoms with van der Waals surface area (Å²) in [7, 11) is 1.70. The summed E-state index contributed by atoms with van der Waals surface area (Å²) in [6.07, 6.45) is 3.68. The molecule has 1 aromatic carbocycles. The Kier molecular flexibility index (Phi) is 6.28. The second-order valence-corrected chi connectivity index (χ2v) is 6.27. The van der Waals surface area contributed by atoms with Crippen molar-refractivity contribution in [2.45, 2.75) is 43.7 Å². The summed E-state index contributed by atoms with van der Waals surface area (Å²) in [6, 6.07) is 5.99. The van der Waals surface area contributed by atoms with Crippen LogP contribution in [0.25, 0.3) is 10.4 Å². The topological polar surface area (TPSA) is 95.3 Å². The second kappa shape index (κ2) is 8.20. The van der Waals surface area contributed by atoms with E-state index in [-0.39, 0.29) is 17.9 Å². The number of carboxylic acids is 1. The normalized spacial score (nSPS) is 23.6. The first-order chi connectivity index (χ1) is 11.1. The third-order valence-corrected chi connectivity index (χ3v) is 4.84. The number of carbonyl (C=O) groups is 1. The molecule has 1 aromatic rings. The summed E-state index contributed by atoms with van der Waals surface area (Å²) < 4.78 is 5.38. The zero-order valence-corrected chi connectivity index (χ0v) is 13.7. The molecule has 6 nitrogen and oxygen atoms in total. The van der Waals surface area contributed by atoms with E-state index in [4.69, 9.17) is 21.9 Å². The van der Waals surface area contributed by atoms with Crippen LogP contribution in [0.3, 0.4) is 0 Å². The molecule has 1 aliphatic rings. The van der Waals surface area contributed by atoms with Crippen LogP contribution in [0.15, 0.2) is 29.4 Å². The third kappa shape index (κ3) is 4.38. The van der Waals surface area contributed by atoms with Gasteiger partial charge in [0.2, 0.25) is 0 Å². The molecular weight excluding hydrogens is 318 g/mol. The van der Waals surface area contributed by atoms with Gasteiger partial charge in [-0.05, 0) is 54.8 Å². The number of nitrogens with zero attached hydrogens (tertiary/aromatic N) is 3. The van der Waals surface area contributed by atoms with Gasteiger partial charge in [0.25, 0.3) is 0 Å². The molecule has 0 spiro atoms. The molecule has 0 saturated heterocycles. The summed E-state index contributed by atoms with van der Waals surface area (Å²) in [6.45, 7) is 0. The lowest BCUT2D eigenvalue weighted by atomic mass is 9.73. The van der Waals surface area contributed by atoms with Crippen molar-refractivity contribution in [3.63, 3.8) is 0 Å². The number of hydrogen-bond acceptors (Lipinski definition) is 3. The molecule has 2 atom stereocenters. The number of azide groups is 1. The Hall–Kier alpha value is -1.75. The highest BCUT2D eigenvalue weighted by Crippen LogP contribution is 2.40. The molecule has 0 unspecified atom stereocenters. The van der Waals surface area contributed by atoms with Gasteiger partial charge in [0.05, 0.1) is 6.10 Å². The third-order valence-electron chi connectivity index (χ3n) is 4.58. The van der Waals surface area contributed by atoms with Crippen molar-refractivity contribution in [2.24, 2.45) is 11.0 Å². The van der Waals surface area contributed by atoms with Gasteiger partial charge in [-0.3, -0.25) is 4.79 Å². The highest BCUT2D eigenvalue weighted by atomic mass is 35.5. The van der Waals surface area contributed by atoms with Crippen molar-refractivity contribution in [3.8, 4) is 0 Å². The summed E-state index contributed by atoms with van der Waals surface area (Å²) >= 11 is 5.93. The van der Waals surface area contributed by atoms with Crippen molar-refractivity contribution in [1.82, 2.24) is 0 Å². The predicted molar refractivity (Wildman–Crippen MR) is 87.5 cm³/mol. The van der Waals surface area contributed by atoms with Gasteiger partial charge < -0.3 is 9.84 Å². The number of benzene rings is 1. The summed E-state index contributed by atoms with van der Waals surface area (Å²) in [5.74, 6) is -1.33.